The van der Waals surface area contributed by atoms with Gasteiger partial charge in [0.1, 0.15) is 23.3 Å². The van der Waals surface area contributed by atoms with E-state index in [1.807, 2.05) is 11.8 Å². The van der Waals surface area contributed by atoms with E-state index in [0.29, 0.717) is 6.67 Å². The van der Waals surface area contributed by atoms with Crippen molar-refractivity contribution in [2.45, 2.75) is 0 Å². The lowest BCUT2D eigenvalue weighted by Gasteiger charge is -2.32. The lowest BCUT2D eigenvalue weighted by Crippen LogP contribution is -2.41. The predicted octanol–water partition coefficient (Wildman–Crippen LogP) is 4.23. The van der Waals surface area contributed by atoms with E-state index in [9.17, 15) is 4.39 Å². The van der Waals surface area contributed by atoms with E-state index >= 15 is 0 Å². The molecular formula is C18H20ClFN4S2. The Morgan fingerprint density at radius 2 is 2.04 bits per heavy atom. The van der Waals surface area contributed by atoms with Gasteiger partial charge < -0.3 is 10.2 Å². The number of nitrogens with zero attached hydrogens (tertiary/aromatic N) is 3. The van der Waals surface area contributed by atoms with Crippen LogP contribution >= 0.6 is 34.7 Å². The lowest BCUT2D eigenvalue weighted by molar-refractivity contribution is 0.308. The van der Waals surface area contributed by atoms with Crippen LogP contribution in [0.4, 0.5) is 15.1 Å². The van der Waals surface area contributed by atoms with Crippen molar-refractivity contribution in [3.8, 4) is 0 Å². The Kier molecular flexibility index (Phi) is 5.69. The van der Waals surface area contributed by atoms with E-state index < -0.39 is 5.82 Å². The van der Waals surface area contributed by atoms with Gasteiger partial charge in [-0.25, -0.2) is 9.38 Å². The Bertz CT molecular complexity index is 804. The highest BCUT2D eigenvalue weighted by Crippen LogP contribution is 2.32. The summed E-state index contributed by atoms with van der Waals surface area (Å²) in [5, 5.41) is 6.72. The Morgan fingerprint density at radius 3 is 2.85 bits per heavy atom. The van der Waals surface area contributed by atoms with Gasteiger partial charge in [-0.15, -0.1) is 11.3 Å². The van der Waals surface area contributed by atoms with Crippen molar-refractivity contribution >= 4 is 51.2 Å². The molecule has 8 heteroatoms. The Balaban J connectivity index is 1.44. The van der Waals surface area contributed by atoms with Gasteiger partial charge in [-0.1, -0.05) is 11.6 Å². The van der Waals surface area contributed by atoms with Crippen LogP contribution in [0.5, 0.6) is 0 Å². The maximum atomic E-state index is 13.4. The number of amidine groups is 1. The first-order valence-corrected chi connectivity index (χ1v) is 11.0. The molecule has 1 fully saturated rings. The molecular weight excluding hydrogens is 391 g/mol. The number of hydrogen-bond donors (Lipinski definition) is 1. The molecule has 1 N–H and O–H groups in total. The van der Waals surface area contributed by atoms with Crippen LogP contribution in [0.2, 0.25) is 5.02 Å². The first-order valence-electron chi connectivity index (χ1n) is 8.60. The molecule has 3 heterocycles. The number of thioether (sulfide) groups is 1. The maximum absolute atomic E-state index is 13.4. The molecule has 0 bridgehead atoms. The zero-order valence-corrected chi connectivity index (χ0v) is 16.6. The third kappa shape index (κ3) is 4.01. The summed E-state index contributed by atoms with van der Waals surface area (Å²) in [7, 11) is 0. The van der Waals surface area contributed by atoms with Gasteiger partial charge in [0.2, 0.25) is 0 Å². The highest BCUT2D eigenvalue weighted by atomic mass is 35.5. The number of nitrogens with one attached hydrogen (secondary N) is 1. The molecule has 138 valence electrons. The molecule has 0 atom stereocenters. The van der Waals surface area contributed by atoms with Crippen LogP contribution < -0.4 is 10.2 Å². The third-order valence-corrected chi connectivity index (χ3v) is 6.76. The van der Waals surface area contributed by atoms with Crippen LogP contribution in [0.15, 0.2) is 34.6 Å². The number of benzene rings is 1. The zero-order chi connectivity index (χ0) is 17.9. The van der Waals surface area contributed by atoms with Crippen LogP contribution in [-0.2, 0) is 0 Å². The first kappa shape index (κ1) is 18.1. The van der Waals surface area contributed by atoms with Crippen molar-refractivity contribution in [2.24, 2.45) is 4.99 Å². The second kappa shape index (κ2) is 8.17. The molecule has 2 aliphatic rings. The third-order valence-electron chi connectivity index (χ3n) is 4.56. The molecule has 2 aromatic rings. The topological polar surface area (TPSA) is 30.9 Å². The molecule has 0 unspecified atom stereocenters. The predicted molar refractivity (Wildman–Crippen MR) is 112 cm³/mol. The minimum atomic E-state index is -0.415. The Morgan fingerprint density at radius 1 is 1.19 bits per heavy atom. The van der Waals surface area contributed by atoms with Crippen LogP contribution in [0.25, 0.3) is 0 Å². The quantitative estimate of drug-likeness (QED) is 0.817. The van der Waals surface area contributed by atoms with E-state index in [1.165, 1.54) is 35.7 Å². The van der Waals surface area contributed by atoms with Crippen molar-refractivity contribution in [1.82, 2.24) is 4.90 Å². The largest absolute Gasteiger partial charge is 0.342 e. The van der Waals surface area contributed by atoms with Crippen molar-refractivity contribution in [1.29, 1.82) is 0 Å². The standard InChI is InChI=1S/C18H20ClFN4S2/c19-15-11-13(1-2-16(15)20)22-17-14-3-8-26-18(14)24(12-21-17)5-4-23-6-9-25-10-7-23/h1-3,8,11H,4-7,9-10,12H2,(H,21,22). The summed E-state index contributed by atoms with van der Waals surface area (Å²) in [5.74, 6) is 2.86. The number of rotatable bonds is 4. The molecule has 0 aliphatic carbocycles. The van der Waals surface area contributed by atoms with Gasteiger partial charge in [-0.05, 0) is 29.6 Å². The minimum absolute atomic E-state index is 0.110. The highest BCUT2D eigenvalue weighted by Gasteiger charge is 2.22. The Labute approximate surface area is 166 Å². The van der Waals surface area contributed by atoms with E-state index in [2.05, 4.69) is 26.6 Å². The number of anilines is 2. The molecule has 2 aliphatic heterocycles. The van der Waals surface area contributed by atoms with Gasteiger partial charge in [0, 0.05) is 43.4 Å². The maximum Gasteiger partial charge on any atom is 0.141 e. The smallest absolute Gasteiger partial charge is 0.141 e. The summed E-state index contributed by atoms with van der Waals surface area (Å²) in [6.45, 7) is 5.04. The minimum Gasteiger partial charge on any atom is -0.342 e. The van der Waals surface area contributed by atoms with Crippen molar-refractivity contribution in [3.63, 3.8) is 0 Å². The lowest BCUT2D eigenvalue weighted by atomic mass is 10.2. The molecule has 1 saturated heterocycles. The normalized spacial score (nSPS) is 17.8. The fourth-order valence-corrected chi connectivity index (χ4v) is 5.19. The van der Waals surface area contributed by atoms with Crippen LogP contribution in [0.3, 0.4) is 0 Å². The van der Waals surface area contributed by atoms with Crippen LogP contribution in [0, 0.1) is 5.82 Å². The summed E-state index contributed by atoms with van der Waals surface area (Å²) in [6, 6.07) is 6.72. The summed E-state index contributed by atoms with van der Waals surface area (Å²) >= 11 is 9.65. The van der Waals surface area contributed by atoms with E-state index in [1.54, 1.807) is 23.5 Å². The second-order valence-electron chi connectivity index (χ2n) is 6.26. The molecule has 26 heavy (non-hydrogen) atoms. The number of hydrogen-bond acceptors (Lipinski definition) is 6. The first-order chi connectivity index (χ1) is 12.7. The molecule has 0 amide bonds. The van der Waals surface area contributed by atoms with Gasteiger partial charge in [0.25, 0.3) is 0 Å². The molecule has 0 radical (unpaired) electrons. The molecule has 4 rings (SSSR count). The van der Waals surface area contributed by atoms with Gasteiger partial charge in [0.15, 0.2) is 0 Å². The SMILES string of the molecule is Fc1ccc(NC2=NCN(CCN3CCSCC3)c3sccc32)cc1Cl. The van der Waals surface area contributed by atoms with E-state index in [-0.39, 0.29) is 5.02 Å². The summed E-state index contributed by atoms with van der Waals surface area (Å²) in [6.07, 6.45) is 0. The number of aliphatic imine (C=N–C) groups is 1. The fourth-order valence-electron chi connectivity index (χ4n) is 3.11. The van der Waals surface area contributed by atoms with E-state index in [4.69, 9.17) is 16.6 Å². The second-order valence-corrected chi connectivity index (χ2v) is 8.79. The molecule has 0 spiro atoms. The summed E-state index contributed by atoms with van der Waals surface area (Å²) in [5.41, 5.74) is 1.84. The molecule has 1 aromatic heterocycles. The highest BCUT2D eigenvalue weighted by molar-refractivity contribution is 7.99. The van der Waals surface area contributed by atoms with E-state index in [0.717, 1.165) is 30.2 Å². The Hall–Kier alpha value is -1.28. The van der Waals surface area contributed by atoms with Crippen LogP contribution in [0.1, 0.15) is 5.56 Å². The average Bonchev–Trinajstić information content (AvgIpc) is 3.15. The average molecular weight is 411 g/mol. The van der Waals surface area contributed by atoms with Gasteiger partial charge in [-0.3, -0.25) is 4.90 Å². The number of halogens is 2. The fraction of sp³-hybridized carbons (Fsp3) is 0.389. The summed E-state index contributed by atoms with van der Waals surface area (Å²) < 4.78 is 13.4. The van der Waals surface area contributed by atoms with Crippen molar-refractivity contribution < 1.29 is 4.39 Å². The van der Waals surface area contributed by atoms with Gasteiger partial charge in [-0.2, -0.15) is 11.8 Å². The van der Waals surface area contributed by atoms with Gasteiger partial charge in [0.05, 0.1) is 10.6 Å². The van der Waals surface area contributed by atoms with Crippen molar-refractivity contribution in [3.05, 3.63) is 46.0 Å². The van der Waals surface area contributed by atoms with Crippen molar-refractivity contribution in [2.75, 3.05) is 54.6 Å². The molecule has 4 nitrogen and oxygen atoms in total. The molecule has 0 saturated carbocycles. The zero-order valence-electron chi connectivity index (χ0n) is 14.3. The van der Waals surface area contributed by atoms with Crippen LogP contribution in [-0.4, -0.2) is 55.1 Å². The summed E-state index contributed by atoms with van der Waals surface area (Å²) in [4.78, 5) is 9.58. The van der Waals surface area contributed by atoms with Gasteiger partial charge >= 0.3 is 0 Å². The number of fused-ring (bicyclic) bond motifs is 1. The molecule has 1 aromatic carbocycles. The monoisotopic (exact) mass is 410 g/mol. The number of thiophene rings is 1.